The van der Waals surface area contributed by atoms with Gasteiger partial charge in [-0.1, -0.05) is 34.8 Å². The van der Waals surface area contributed by atoms with E-state index in [1.54, 1.807) is 12.1 Å². The summed E-state index contributed by atoms with van der Waals surface area (Å²) in [7, 11) is 0. The maximum Gasteiger partial charge on any atom is 0.160 e. The molecule has 1 heterocycles. The number of pyridine rings is 1. The van der Waals surface area contributed by atoms with Gasteiger partial charge in [-0.25, -0.2) is 4.98 Å². The van der Waals surface area contributed by atoms with Crippen LogP contribution < -0.4 is 0 Å². The molecule has 0 aliphatic carbocycles. The predicted molar refractivity (Wildman–Crippen MR) is 58.4 cm³/mol. The van der Waals surface area contributed by atoms with E-state index in [1.165, 1.54) is 6.07 Å². The maximum atomic E-state index is 9.60. The van der Waals surface area contributed by atoms with Crippen LogP contribution in [-0.4, -0.2) is 10.1 Å². The number of phenols is 1. The highest BCUT2D eigenvalue weighted by atomic mass is 35.5. The van der Waals surface area contributed by atoms with Crippen molar-refractivity contribution in [1.82, 2.24) is 4.98 Å². The average molecular weight is 248 g/mol. The molecule has 1 N–H and O–H groups in total. The topological polar surface area (TPSA) is 33.1 Å². The van der Waals surface area contributed by atoms with Gasteiger partial charge >= 0.3 is 0 Å². The van der Waals surface area contributed by atoms with Crippen molar-refractivity contribution in [3.63, 3.8) is 0 Å². The highest BCUT2D eigenvalue weighted by molar-refractivity contribution is 6.40. The quantitative estimate of drug-likeness (QED) is 0.717. The summed E-state index contributed by atoms with van der Waals surface area (Å²) in [5.74, 6) is -0.103. The van der Waals surface area contributed by atoms with Crippen LogP contribution in [0.5, 0.6) is 5.75 Å². The van der Waals surface area contributed by atoms with Gasteiger partial charge < -0.3 is 5.11 Å². The van der Waals surface area contributed by atoms with E-state index in [9.17, 15) is 5.11 Å². The first kappa shape index (κ1) is 9.84. The van der Waals surface area contributed by atoms with E-state index in [1.807, 2.05) is 0 Å². The molecular weight excluding hydrogens is 244 g/mol. The monoisotopic (exact) mass is 247 g/mol. The minimum atomic E-state index is -0.103. The lowest BCUT2D eigenvalue weighted by molar-refractivity contribution is 0.480. The van der Waals surface area contributed by atoms with Crippen LogP contribution in [0, 0.1) is 0 Å². The molecule has 14 heavy (non-hydrogen) atoms. The Balaban J connectivity index is 2.95. The Bertz CT molecular complexity index is 513. The summed E-state index contributed by atoms with van der Waals surface area (Å²) in [5, 5.41) is 11.1. The minimum absolute atomic E-state index is 0.103. The SMILES string of the molecule is Oc1c(Cl)cc(Cl)c2ccc(Cl)nc12. The summed E-state index contributed by atoms with van der Waals surface area (Å²) in [6, 6.07) is 4.75. The van der Waals surface area contributed by atoms with Crippen molar-refractivity contribution in [3.8, 4) is 5.75 Å². The Morgan fingerprint density at radius 3 is 2.50 bits per heavy atom. The molecular formula is C9H4Cl3NO. The highest BCUT2D eigenvalue weighted by Gasteiger charge is 2.10. The fraction of sp³-hybridized carbons (Fsp3) is 0. The Hall–Kier alpha value is -0.700. The smallest absolute Gasteiger partial charge is 0.160 e. The van der Waals surface area contributed by atoms with Crippen LogP contribution in [0.3, 0.4) is 0 Å². The van der Waals surface area contributed by atoms with E-state index in [0.29, 0.717) is 15.9 Å². The summed E-state index contributed by atoms with van der Waals surface area (Å²) < 4.78 is 0. The van der Waals surface area contributed by atoms with Crippen LogP contribution in [0.1, 0.15) is 0 Å². The largest absolute Gasteiger partial charge is 0.504 e. The molecule has 2 aromatic rings. The van der Waals surface area contributed by atoms with Gasteiger partial charge in [0.25, 0.3) is 0 Å². The van der Waals surface area contributed by atoms with Gasteiger partial charge in [-0.15, -0.1) is 0 Å². The molecule has 5 heteroatoms. The molecule has 0 aliphatic rings. The number of hydrogen-bond acceptors (Lipinski definition) is 2. The van der Waals surface area contributed by atoms with Crippen molar-refractivity contribution in [2.24, 2.45) is 0 Å². The summed E-state index contributed by atoms with van der Waals surface area (Å²) >= 11 is 17.3. The Morgan fingerprint density at radius 1 is 1.07 bits per heavy atom. The summed E-state index contributed by atoms with van der Waals surface area (Å²) in [6.45, 7) is 0. The molecule has 0 atom stereocenters. The third-order valence-corrected chi connectivity index (χ3v) is 2.63. The fourth-order valence-corrected chi connectivity index (χ4v) is 1.84. The molecule has 0 radical (unpaired) electrons. The van der Waals surface area contributed by atoms with Crippen molar-refractivity contribution in [2.45, 2.75) is 0 Å². The van der Waals surface area contributed by atoms with Crippen molar-refractivity contribution < 1.29 is 5.11 Å². The zero-order valence-electron chi connectivity index (χ0n) is 6.76. The van der Waals surface area contributed by atoms with E-state index in [4.69, 9.17) is 34.8 Å². The lowest BCUT2D eigenvalue weighted by Crippen LogP contribution is -1.82. The Kier molecular flexibility index (Phi) is 2.43. The van der Waals surface area contributed by atoms with Gasteiger partial charge in [0.2, 0.25) is 0 Å². The predicted octanol–water partition coefficient (Wildman–Crippen LogP) is 3.90. The molecule has 0 aliphatic heterocycles. The first-order valence-electron chi connectivity index (χ1n) is 3.73. The summed E-state index contributed by atoms with van der Waals surface area (Å²) in [5.41, 5.74) is 0.315. The minimum Gasteiger partial charge on any atom is -0.504 e. The fourth-order valence-electron chi connectivity index (χ4n) is 1.18. The van der Waals surface area contributed by atoms with E-state index in [0.717, 1.165) is 0 Å². The molecule has 0 fully saturated rings. The number of hydrogen-bond donors (Lipinski definition) is 1. The number of halogens is 3. The second-order valence-electron chi connectivity index (χ2n) is 2.72. The van der Waals surface area contributed by atoms with Gasteiger partial charge in [-0.2, -0.15) is 0 Å². The second kappa shape index (κ2) is 3.46. The number of nitrogens with zero attached hydrogens (tertiary/aromatic N) is 1. The van der Waals surface area contributed by atoms with Crippen LogP contribution in [-0.2, 0) is 0 Å². The first-order valence-corrected chi connectivity index (χ1v) is 4.86. The lowest BCUT2D eigenvalue weighted by atomic mass is 10.2. The van der Waals surface area contributed by atoms with Gasteiger partial charge in [-0.3, -0.25) is 0 Å². The molecule has 0 bridgehead atoms. The van der Waals surface area contributed by atoms with E-state index >= 15 is 0 Å². The van der Waals surface area contributed by atoms with Gasteiger partial charge in [0.05, 0.1) is 10.0 Å². The highest BCUT2D eigenvalue weighted by Crippen LogP contribution is 2.36. The molecule has 0 spiro atoms. The van der Waals surface area contributed by atoms with Crippen LogP contribution in [0.2, 0.25) is 15.2 Å². The number of rotatable bonds is 0. The second-order valence-corrected chi connectivity index (χ2v) is 3.92. The van der Waals surface area contributed by atoms with E-state index in [2.05, 4.69) is 4.98 Å². The molecule has 0 saturated carbocycles. The Labute approximate surface area is 95.0 Å². The maximum absolute atomic E-state index is 9.60. The third kappa shape index (κ3) is 1.50. The summed E-state index contributed by atoms with van der Waals surface area (Å²) in [6.07, 6.45) is 0. The molecule has 0 unspecified atom stereocenters. The van der Waals surface area contributed by atoms with E-state index in [-0.39, 0.29) is 15.9 Å². The van der Waals surface area contributed by atoms with Crippen molar-refractivity contribution in [2.75, 3.05) is 0 Å². The Morgan fingerprint density at radius 2 is 1.79 bits per heavy atom. The van der Waals surface area contributed by atoms with Gasteiger partial charge in [-0.05, 0) is 18.2 Å². The number of benzene rings is 1. The average Bonchev–Trinajstić information content (AvgIpc) is 2.14. The molecule has 1 aromatic heterocycles. The van der Waals surface area contributed by atoms with Gasteiger partial charge in [0.15, 0.2) is 5.75 Å². The number of phenolic OH excluding ortho intramolecular Hbond substituents is 1. The number of fused-ring (bicyclic) bond motifs is 1. The first-order chi connectivity index (χ1) is 6.59. The van der Waals surface area contributed by atoms with Crippen LogP contribution >= 0.6 is 34.8 Å². The summed E-state index contributed by atoms with van der Waals surface area (Å²) in [4.78, 5) is 3.94. The lowest BCUT2D eigenvalue weighted by Gasteiger charge is -2.04. The number of aromatic hydroxyl groups is 1. The molecule has 2 rings (SSSR count). The zero-order valence-corrected chi connectivity index (χ0v) is 9.03. The normalized spacial score (nSPS) is 10.8. The van der Waals surface area contributed by atoms with E-state index < -0.39 is 0 Å². The van der Waals surface area contributed by atoms with Gasteiger partial charge in [0.1, 0.15) is 10.7 Å². The molecule has 0 amide bonds. The van der Waals surface area contributed by atoms with Crippen LogP contribution in [0.15, 0.2) is 18.2 Å². The zero-order chi connectivity index (χ0) is 10.3. The molecule has 1 aromatic carbocycles. The van der Waals surface area contributed by atoms with Crippen LogP contribution in [0.4, 0.5) is 0 Å². The van der Waals surface area contributed by atoms with Gasteiger partial charge in [0, 0.05) is 5.39 Å². The van der Waals surface area contributed by atoms with Crippen molar-refractivity contribution in [3.05, 3.63) is 33.4 Å². The molecule has 2 nitrogen and oxygen atoms in total. The number of aromatic nitrogens is 1. The molecule has 0 saturated heterocycles. The van der Waals surface area contributed by atoms with Crippen LogP contribution in [0.25, 0.3) is 10.9 Å². The molecule has 72 valence electrons. The van der Waals surface area contributed by atoms with Crippen molar-refractivity contribution >= 4 is 45.7 Å². The standard InChI is InChI=1S/C9H4Cl3NO/c10-5-3-6(11)9(14)8-4(5)1-2-7(12)13-8/h1-3,14H. The van der Waals surface area contributed by atoms with Crippen molar-refractivity contribution in [1.29, 1.82) is 0 Å². The third-order valence-electron chi connectivity index (χ3n) is 1.82.